The number of carbonyl (C=O) groups is 1. The lowest BCUT2D eigenvalue weighted by molar-refractivity contribution is 0.0649. The molecule has 0 bridgehead atoms. The van der Waals surface area contributed by atoms with Gasteiger partial charge in [0.15, 0.2) is 0 Å². The normalized spacial score (nSPS) is 17.6. The van der Waals surface area contributed by atoms with Crippen molar-refractivity contribution in [3.8, 4) is 0 Å². The van der Waals surface area contributed by atoms with Crippen LogP contribution in [0.15, 0.2) is 47.6 Å². The van der Waals surface area contributed by atoms with E-state index in [0.29, 0.717) is 13.1 Å². The summed E-state index contributed by atoms with van der Waals surface area (Å²) in [6, 6.07) is 9.97. The first kappa shape index (κ1) is 21.3. The van der Waals surface area contributed by atoms with Crippen molar-refractivity contribution in [1.82, 2.24) is 19.6 Å². The van der Waals surface area contributed by atoms with E-state index < -0.39 is 0 Å². The number of amidine groups is 1. The zero-order valence-corrected chi connectivity index (χ0v) is 19.7. The maximum atomic E-state index is 13.2. The van der Waals surface area contributed by atoms with Gasteiger partial charge < -0.3 is 9.80 Å². The molecule has 1 aliphatic heterocycles. The zero-order valence-electron chi connectivity index (χ0n) is 18.8. The van der Waals surface area contributed by atoms with Gasteiger partial charge in [-0.25, -0.2) is 0 Å². The number of piperazine rings is 1. The molecule has 1 fully saturated rings. The fraction of sp³-hybridized carbons (Fsp3) is 0.375. The average Bonchev–Trinajstić information content (AvgIpc) is 3.32. The van der Waals surface area contributed by atoms with E-state index in [0.717, 1.165) is 44.3 Å². The van der Waals surface area contributed by atoms with Gasteiger partial charge in [-0.15, -0.1) is 11.3 Å². The molecule has 3 aromatic rings. The number of aryl methyl sites for hydroxylation is 3. The maximum absolute atomic E-state index is 13.2. The summed E-state index contributed by atoms with van der Waals surface area (Å²) in [5, 5.41) is 5.66. The molecule has 6 nitrogen and oxygen atoms in total. The quantitative estimate of drug-likeness (QED) is 0.457. The van der Waals surface area contributed by atoms with E-state index in [4.69, 9.17) is 0 Å². The summed E-state index contributed by atoms with van der Waals surface area (Å²) in [5.74, 6) is 0.950. The van der Waals surface area contributed by atoms with E-state index in [1.165, 1.54) is 5.56 Å². The SMILES string of the molecule is C=C1[C@@H](C)N(C(=O)c2ccc(CC)cc2)CCN1/C(=N\C)c1cc2c(C)nn(C)c2s1. The number of benzene rings is 1. The molecular weight excluding hydrogens is 406 g/mol. The summed E-state index contributed by atoms with van der Waals surface area (Å²) in [6.07, 6.45) is 0.965. The van der Waals surface area contributed by atoms with Gasteiger partial charge >= 0.3 is 0 Å². The lowest BCUT2D eigenvalue weighted by atomic mass is 10.1. The number of rotatable bonds is 3. The molecule has 0 unspecified atom stereocenters. The van der Waals surface area contributed by atoms with Crippen molar-refractivity contribution >= 4 is 33.3 Å². The number of nitrogens with zero attached hydrogens (tertiary/aromatic N) is 5. The second-order valence-electron chi connectivity index (χ2n) is 7.95. The number of hydrogen-bond donors (Lipinski definition) is 0. The van der Waals surface area contributed by atoms with Crippen LogP contribution in [0.4, 0.5) is 0 Å². The second kappa shape index (κ2) is 8.30. The number of thiophene rings is 1. The first-order valence-corrected chi connectivity index (χ1v) is 11.4. The van der Waals surface area contributed by atoms with Crippen LogP contribution in [0, 0.1) is 6.92 Å². The number of amides is 1. The molecule has 162 valence electrons. The van der Waals surface area contributed by atoms with Crippen molar-refractivity contribution in [3.63, 3.8) is 0 Å². The Hall–Kier alpha value is -2.93. The van der Waals surface area contributed by atoms with E-state index in [9.17, 15) is 4.79 Å². The Labute approximate surface area is 187 Å². The molecule has 1 amide bonds. The Bertz CT molecular complexity index is 1140. The Morgan fingerprint density at radius 1 is 1.29 bits per heavy atom. The van der Waals surface area contributed by atoms with Gasteiger partial charge in [0.05, 0.1) is 16.6 Å². The molecule has 4 rings (SSSR count). The van der Waals surface area contributed by atoms with Crippen LogP contribution in [0.2, 0.25) is 0 Å². The topological polar surface area (TPSA) is 53.7 Å². The number of fused-ring (bicyclic) bond motifs is 1. The Morgan fingerprint density at radius 3 is 2.61 bits per heavy atom. The third kappa shape index (κ3) is 3.67. The van der Waals surface area contributed by atoms with Gasteiger partial charge in [-0.2, -0.15) is 5.10 Å². The van der Waals surface area contributed by atoms with Crippen LogP contribution in [0.1, 0.15) is 40.3 Å². The van der Waals surface area contributed by atoms with Gasteiger partial charge in [0, 0.05) is 43.8 Å². The molecule has 0 radical (unpaired) electrons. The molecule has 2 aromatic heterocycles. The van der Waals surface area contributed by atoms with Crippen LogP contribution in [0.3, 0.4) is 0 Å². The number of carbonyl (C=O) groups excluding carboxylic acids is 1. The van der Waals surface area contributed by atoms with Crippen molar-refractivity contribution in [2.45, 2.75) is 33.2 Å². The maximum Gasteiger partial charge on any atom is 0.254 e. The van der Waals surface area contributed by atoms with E-state index in [-0.39, 0.29) is 11.9 Å². The number of aromatic nitrogens is 2. The van der Waals surface area contributed by atoms with Crippen LogP contribution < -0.4 is 0 Å². The Morgan fingerprint density at radius 2 is 2.00 bits per heavy atom. The molecule has 1 saturated heterocycles. The van der Waals surface area contributed by atoms with Gasteiger partial charge in [0.25, 0.3) is 5.91 Å². The minimum atomic E-state index is -0.110. The molecule has 1 aliphatic rings. The van der Waals surface area contributed by atoms with E-state index >= 15 is 0 Å². The third-order valence-corrected chi connectivity index (χ3v) is 7.31. The van der Waals surface area contributed by atoms with Crippen molar-refractivity contribution in [2.75, 3.05) is 20.1 Å². The summed E-state index contributed by atoms with van der Waals surface area (Å²) in [4.78, 5) is 24.1. The lowest BCUT2D eigenvalue weighted by Gasteiger charge is -2.42. The fourth-order valence-corrected chi connectivity index (χ4v) is 5.37. The summed E-state index contributed by atoms with van der Waals surface area (Å²) in [7, 11) is 3.78. The zero-order chi connectivity index (χ0) is 22.3. The predicted octanol–water partition coefficient (Wildman–Crippen LogP) is 4.24. The van der Waals surface area contributed by atoms with Crippen molar-refractivity contribution in [2.24, 2.45) is 12.0 Å². The van der Waals surface area contributed by atoms with Gasteiger partial charge in [-0.3, -0.25) is 14.5 Å². The van der Waals surface area contributed by atoms with Gasteiger partial charge in [0.1, 0.15) is 10.7 Å². The van der Waals surface area contributed by atoms with E-state index in [2.05, 4.69) is 34.6 Å². The fourth-order valence-electron chi connectivity index (χ4n) is 4.20. The molecule has 7 heteroatoms. The average molecular weight is 436 g/mol. The van der Waals surface area contributed by atoms with Crippen molar-refractivity contribution in [3.05, 3.63) is 64.3 Å². The van der Waals surface area contributed by atoms with Crippen LogP contribution >= 0.6 is 11.3 Å². The highest BCUT2D eigenvalue weighted by Gasteiger charge is 2.33. The van der Waals surface area contributed by atoms with Crippen LogP contribution in [0.25, 0.3) is 10.2 Å². The van der Waals surface area contributed by atoms with Crippen molar-refractivity contribution < 1.29 is 4.79 Å². The van der Waals surface area contributed by atoms with Gasteiger partial charge in [-0.1, -0.05) is 25.6 Å². The van der Waals surface area contributed by atoms with Gasteiger partial charge in [0.2, 0.25) is 0 Å². The summed E-state index contributed by atoms with van der Waals surface area (Å²) in [6.45, 7) is 11.8. The molecular formula is C24H29N5OS. The lowest BCUT2D eigenvalue weighted by Crippen LogP contribution is -2.53. The predicted molar refractivity (Wildman–Crippen MR) is 128 cm³/mol. The third-order valence-electron chi connectivity index (χ3n) is 6.11. The molecule has 0 spiro atoms. The standard InChI is InChI=1S/C24H29N5OS/c1-7-18-8-10-19(11-9-18)23(30)29-13-12-28(16(3)17(29)4)22(25-5)21-14-20-15(2)26-27(6)24(20)31-21/h8-11,14,17H,3,7,12-13H2,1-2,4-6H3/b25-22-/t17-/m1/s1. The molecule has 31 heavy (non-hydrogen) atoms. The highest BCUT2D eigenvalue weighted by molar-refractivity contribution is 7.20. The monoisotopic (exact) mass is 435 g/mol. The molecule has 0 saturated carbocycles. The number of aliphatic imine (C=N–C) groups is 1. The molecule has 0 N–H and O–H groups in total. The highest BCUT2D eigenvalue weighted by atomic mass is 32.1. The van der Waals surface area contributed by atoms with Crippen LogP contribution in [0.5, 0.6) is 0 Å². The van der Waals surface area contributed by atoms with E-state index in [1.54, 1.807) is 11.3 Å². The van der Waals surface area contributed by atoms with Gasteiger partial charge in [-0.05, 0) is 44.0 Å². The minimum Gasteiger partial charge on any atom is -0.329 e. The smallest absolute Gasteiger partial charge is 0.254 e. The summed E-state index contributed by atoms with van der Waals surface area (Å²) in [5.41, 5.74) is 3.86. The van der Waals surface area contributed by atoms with Crippen LogP contribution in [-0.4, -0.2) is 57.5 Å². The molecule has 1 atom stereocenters. The summed E-state index contributed by atoms with van der Waals surface area (Å²) < 4.78 is 1.92. The number of hydrogen-bond acceptors (Lipinski definition) is 4. The Balaban J connectivity index is 1.56. The minimum absolute atomic E-state index is 0.0505. The molecule has 1 aromatic carbocycles. The Kier molecular flexibility index (Phi) is 5.71. The second-order valence-corrected chi connectivity index (χ2v) is 8.98. The van der Waals surface area contributed by atoms with Crippen LogP contribution in [-0.2, 0) is 13.5 Å². The highest BCUT2D eigenvalue weighted by Crippen LogP contribution is 2.31. The first-order valence-electron chi connectivity index (χ1n) is 10.6. The first-order chi connectivity index (χ1) is 14.8. The molecule has 0 aliphatic carbocycles. The van der Waals surface area contributed by atoms with Crippen molar-refractivity contribution in [1.29, 1.82) is 0 Å². The molecule has 3 heterocycles. The largest absolute Gasteiger partial charge is 0.329 e. The van der Waals surface area contributed by atoms with E-state index in [1.807, 2.05) is 61.8 Å². The summed E-state index contributed by atoms with van der Waals surface area (Å²) >= 11 is 1.69.